The quantitative estimate of drug-likeness (QED) is 0.229. The number of hydrogen-bond donors (Lipinski definition) is 0. The minimum absolute atomic E-state index is 0.801. The molecule has 5 aromatic rings. The minimum Gasteiger partial charge on any atom is -0.310 e. The third-order valence-electron chi connectivity index (χ3n) is 10.0. The Bertz CT molecular complexity index is 1650. The zero-order valence-electron chi connectivity index (χ0n) is 23.2. The standard InChI is InChI=1S/C39H37N/c1-2-11-35(12-3-1)40(36-15-14-31-8-4-5-9-32(31)25-36)37-16-17-39-34(26-37)24-30-21-27-18-28(22-30)20-29(19-27)23-33-10-6-7-13-38(33)39/h1-17,25-30H,18-24H2. The fraction of sp³-hybridized carbons (Fsp3) is 0.282. The molecule has 0 N–H and O–H groups in total. The molecular weight excluding hydrogens is 482 g/mol. The predicted molar refractivity (Wildman–Crippen MR) is 169 cm³/mol. The Hall–Kier alpha value is -3.84. The van der Waals surface area contributed by atoms with Crippen LogP contribution in [0.3, 0.4) is 0 Å². The van der Waals surface area contributed by atoms with E-state index in [-0.39, 0.29) is 0 Å². The van der Waals surface area contributed by atoms with Crippen molar-refractivity contribution in [3.05, 3.63) is 126 Å². The molecule has 2 fully saturated rings. The summed E-state index contributed by atoms with van der Waals surface area (Å²) < 4.78 is 0. The SMILES string of the molecule is c1ccc(N(c2ccc3c(c2)CC2CC4CC(Cc5ccccc5-3)CC(C2)C4)c2ccc3ccccc3c2)cc1. The molecule has 198 valence electrons. The Labute approximate surface area is 238 Å². The predicted octanol–water partition coefficient (Wildman–Crippen LogP) is 10.5. The molecule has 4 bridgehead atoms. The number of hydrogen-bond acceptors (Lipinski definition) is 1. The van der Waals surface area contributed by atoms with E-state index >= 15 is 0 Å². The lowest BCUT2D eigenvalue weighted by atomic mass is 9.63. The van der Waals surface area contributed by atoms with Crippen LogP contribution in [0.25, 0.3) is 21.9 Å². The third kappa shape index (κ3) is 4.42. The van der Waals surface area contributed by atoms with Gasteiger partial charge in [0.05, 0.1) is 0 Å². The first-order valence-electron chi connectivity index (χ1n) is 15.3. The van der Waals surface area contributed by atoms with Gasteiger partial charge in [-0.05, 0) is 138 Å². The molecule has 1 heteroatoms. The Kier molecular flexibility index (Phi) is 5.98. The van der Waals surface area contributed by atoms with Crippen molar-refractivity contribution in [2.45, 2.75) is 44.9 Å². The van der Waals surface area contributed by atoms with Crippen molar-refractivity contribution in [1.29, 1.82) is 0 Å². The number of anilines is 3. The van der Waals surface area contributed by atoms with Gasteiger partial charge in [-0.1, -0.05) is 78.9 Å². The fourth-order valence-electron chi connectivity index (χ4n) is 8.53. The number of benzene rings is 5. The normalized spacial score (nSPS) is 23.3. The van der Waals surface area contributed by atoms with Crippen LogP contribution in [0.1, 0.15) is 43.2 Å². The minimum atomic E-state index is 0.801. The van der Waals surface area contributed by atoms with Crippen LogP contribution in [0, 0.1) is 23.7 Å². The lowest BCUT2D eigenvalue weighted by Gasteiger charge is -2.42. The van der Waals surface area contributed by atoms with Crippen molar-refractivity contribution >= 4 is 27.8 Å². The lowest BCUT2D eigenvalue weighted by Crippen LogP contribution is -2.32. The zero-order chi connectivity index (χ0) is 26.5. The summed E-state index contributed by atoms with van der Waals surface area (Å²) in [6.45, 7) is 0. The third-order valence-corrected chi connectivity index (χ3v) is 10.0. The van der Waals surface area contributed by atoms with Gasteiger partial charge in [-0.25, -0.2) is 0 Å². The van der Waals surface area contributed by atoms with Crippen LogP contribution < -0.4 is 4.90 Å². The van der Waals surface area contributed by atoms with Gasteiger partial charge in [0.15, 0.2) is 0 Å². The van der Waals surface area contributed by atoms with E-state index in [2.05, 4.69) is 120 Å². The Morgan fingerprint density at radius 2 is 0.975 bits per heavy atom. The van der Waals surface area contributed by atoms with Crippen molar-refractivity contribution in [1.82, 2.24) is 0 Å². The molecule has 40 heavy (non-hydrogen) atoms. The number of fused-ring (bicyclic) bond motifs is 1. The van der Waals surface area contributed by atoms with E-state index < -0.39 is 0 Å². The zero-order valence-corrected chi connectivity index (χ0v) is 23.2. The molecule has 0 amide bonds. The summed E-state index contributed by atoms with van der Waals surface area (Å²) in [5.41, 5.74) is 9.65. The average molecular weight is 520 g/mol. The maximum Gasteiger partial charge on any atom is 0.0468 e. The summed E-state index contributed by atoms with van der Waals surface area (Å²) >= 11 is 0. The van der Waals surface area contributed by atoms with Crippen LogP contribution in [0.15, 0.2) is 115 Å². The highest BCUT2D eigenvalue weighted by molar-refractivity contribution is 5.89. The van der Waals surface area contributed by atoms with Crippen molar-refractivity contribution in [3.8, 4) is 11.1 Å². The Morgan fingerprint density at radius 3 is 1.77 bits per heavy atom. The van der Waals surface area contributed by atoms with E-state index in [1.54, 1.807) is 5.56 Å². The van der Waals surface area contributed by atoms with Crippen molar-refractivity contribution in [2.24, 2.45) is 23.7 Å². The first-order chi connectivity index (χ1) is 19.8. The molecule has 0 heterocycles. The molecule has 0 saturated heterocycles. The van der Waals surface area contributed by atoms with E-state index in [1.807, 2.05) is 0 Å². The highest BCUT2D eigenvalue weighted by Gasteiger charge is 2.37. The highest BCUT2D eigenvalue weighted by atomic mass is 15.1. The molecule has 4 aliphatic rings. The van der Waals surface area contributed by atoms with Crippen LogP contribution in [0.2, 0.25) is 0 Å². The second-order valence-corrected chi connectivity index (χ2v) is 12.8. The summed E-state index contributed by atoms with van der Waals surface area (Å²) in [6, 6.07) is 43.1. The van der Waals surface area contributed by atoms with Crippen LogP contribution >= 0.6 is 0 Å². The van der Waals surface area contributed by atoms with Gasteiger partial charge in [-0.3, -0.25) is 0 Å². The molecule has 5 aromatic carbocycles. The first-order valence-corrected chi connectivity index (χ1v) is 15.3. The topological polar surface area (TPSA) is 3.24 Å². The molecule has 9 rings (SSSR count). The monoisotopic (exact) mass is 519 g/mol. The van der Waals surface area contributed by atoms with Gasteiger partial charge in [-0.15, -0.1) is 0 Å². The van der Waals surface area contributed by atoms with Crippen molar-refractivity contribution in [2.75, 3.05) is 4.90 Å². The van der Waals surface area contributed by atoms with Crippen molar-refractivity contribution in [3.63, 3.8) is 0 Å². The van der Waals surface area contributed by atoms with Crippen LogP contribution in [0.4, 0.5) is 17.1 Å². The van der Waals surface area contributed by atoms with Gasteiger partial charge in [0.2, 0.25) is 0 Å². The molecule has 4 aliphatic carbocycles. The molecule has 0 aromatic heterocycles. The van der Waals surface area contributed by atoms with E-state index in [4.69, 9.17) is 0 Å². The van der Waals surface area contributed by atoms with Gasteiger partial charge < -0.3 is 4.90 Å². The number of rotatable bonds is 3. The van der Waals surface area contributed by atoms with Crippen LogP contribution in [-0.2, 0) is 12.8 Å². The summed E-state index contributed by atoms with van der Waals surface area (Å²) in [5, 5.41) is 2.56. The highest BCUT2D eigenvalue weighted by Crippen LogP contribution is 2.49. The number of nitrogens with zero attached hydrogens (tertiary/aromatic N) is 1. The molecule has 0 spiro atoms. The van der Waals surface area contributed by atoms with E-state index in [0.29, 0.717) is 0 Å². The average Bonchev–Trinajstić information content (AvgIpc) is 3.00. The van der Waals surface area contributed by atoms with Crippen LogP contribution in [0.5, 0.6) is 0 Å². The van der Waals surface area contributed by atoms with Crippen LogP contribution in [-0.4, -0.2) is 0 Å². The molecular formula is C39H37N. The second kappa shape index (κ2) is 9.97. The first kappa shape index (κ1) is 24.0. The molecule has 0 aliphatic heterocycles. The molecule has 1 nitrogen and oxygen atoms in total. The van der Waals surface area contributed by atoms with E-state index in [0.717, 1.165) is 23.7 Å². The largest absolute Gasteiger partial charge is 0.310 e. The smallest absolute Gasteiger partial charge is 0.0468 e. The molecule has 2 atom stereocenters. The van der Waals surface area contributed by atoms with E-state index in [1.165, 1.54) is 89.5 Å². The van der Waals surface area contributed by atoms with Gasteiger partial charge in [0.1, 0.15) is 0 Å². The van der Waals surface area contributed by atoms with E-state index in [9.17, 15) is 0 Å². The second-order valence-electron chi connectivity index (χ2n) is 12.8. The van der Waals surface area contributed by atoms with Crippen molar-refractivity contribution < 1.29 is 0 Å². The van der Waals surface area contributed by atoms with Gasteiger partial charge in [0.25, 0.3) is 0 Å². The maximum atomic E-state index is 2.53. The Balaban J connectivity index is 1.29. The molecule has 2 saturated carbocycles. The summed E-state index contributed by atoms with van der Waals surface area (Å²) in [4.78, 5) is 2.45. The summed E-state index contributed by atoms with van der Waals surface area (Å²) in [5.74, 6) is 3.51. The lowest BCUT2D eigenvalue weighted by molar-refractivity contribution is 0.0973. The Morgan fingerprint density at radius 1 is 0.400 bits per heavy atom. The summed E-state index contributed by atoms with van der Waals surface area (Å²) in [6.07, 6.45) is 9.61. The summed E-state index contributed by atoms with van der Waals surface area (Å²) in [7, 11) is 0. The van der Waals surface area contributed by atoms with Gasteiger partial charge >= 0.3 is 0 Å². The van der Waals surface area contributed by atoms with Gasteiger partial charge in [0, 0.05) is 17.1 Å². The van der Waals surface area contributed by atoms with Gasteiger partial charge in [-0.2, -0.15) is 0 Å². The maximum absolute atomic E-state index is 2.53. The number of para-hydroxylation sites is 1. The fourth-order valence-corrected chi connectivity index (χ4v) is 8.53. The molecule has 2 unspecified atom stereocenters. The molecule has 0 radical (unpaired) electrons.